The van der Waals surface area contributed by atoms with Crippen LogP contribution in [-0.2, 0) is 16.6 Å². The van der Waals surface area contributed by atoms with E-state index in [-0.39, 0.29) is 0 Å². The molecule has 0 unspecified atom stereocenters. The van der Waals surface area contributed by atoms with Gasteiger partial charge in [-0.3, -0.25) is 4.72 Å². The summed E-state index contributed by atoms with van der Waals surface area (Å²) >= 11 is 1.64. The van der Waals surface area contributed by atoms with Gasteiger partial charge in [0.1, 0.15) is 17.0 Å². The third-order valence-electron chi connectivity index (χ3n) is 3.72. The molecule has 0 radical (unpaired) electrons. The zero-order chi connectivity index (χ0) is 17.3. The van der Waals surface area contributed by atoms with Crippen molar-refractivity contribution in [2.75, 3.05) is 16.3 Å². The van der Waals surface area contributed by atoms with Gasteiger partial charge < -0.3 is 5.32 Å². The van der Waals surface area contributed by atoms with Gasteiger partial charge in [0.15, 0.2) is 0 Å². The van der Waals surface area contributed by atoms with Crippen molar-refractivity contribution in [1.29, 1.82) is 0 Å². The van der Waals surface area contributed by atoms with Crippen LogP contribution < -0.4 is 10.0 Å². The maximum atomic E-state index is 11.5. The number of aryl methyl sites for hydroxylation is 2. The number of fused-ring (bicyclic) bond motifs is 1. The van der Waals surface area contributed by atoms with Gasteiger partial charge in [-0.05, 0) is 31.0 Å². The summed E-state index contributed by atoms with van der Waals surface area (Å²) in [4.78, 5) is 10.8. The predicted molar refractivity (Wildman–Crippen MR) is 99.1 cm³/mol. The summed E-state index contributed by atoms with van der Waals surface area (Å²) in [6, 6.07) is 7.30. The predicted octanol–water partition coefficient (Wildman–Crippen LogP) is 3.29. The first kappa shape index (κ1) is 16.7. The number of thiophene rings is 1. The van der Waals surface area contributed by atoms with Crippen molar-refractivity contribution in [3.05, 3.63) is 46.6 Å². The molecule has 0 aliphatic rings. The van der Waals surface area contributed by atoms with Gasteiger partial charge in [0, 0.05) is 11.4 Å². The number of aromatic nitrogens is 2. The molecule has 0 spiro atoms. The van der Waals surface area contributed by atoms with E-state index in [2.05, 4.69) is 33.9 Å². The quantitative estimate of drug-likeness (QED) is 0.727. The number of para-hydroxylation sites is 1. The number of nitrogens with one attached hydrogen (secondary N) is 2. The molecule has 1 aromatic carbocycles. The number of rotatable bonds is 5. The van der Waals surface area contributed by atoms with Crippen LogP contribution in [-0.4, -0.2) is 24.6 Å². The first-order valence-corrected chi connectivity index (χ1v) is 10.1. The molecule has 6 nitrogen and oxygen atoms in total. The van der Waals surface area contributed by atoms with E-state index in [1.54, 1.807) is 29.8 Å². The van der Waals surface area contributed by atoms with Crippen LogP contribution >= 0.6 is 11.3 Å². The van der Waals surface area contributed by atoms with Crippen LogP contribution in [0.25, 0.3) is 10.2 Å². The molecular formula is C16H18N4O2S2. The second kappa shape index (κ2) is 6.37. The maximum Gasteiger partial charge on any atom is 0.229 e. The highest BCUT2D eigenvalue weighted by molar-refractivity contribution is 7.92. The Kier molecular flexibility index (Phi) is 4.42. The van der Waals surface area contributed by atoms with Crippen molar-refractivity contribution in [2.24, 2.45) is 0 Å². The van der Waals surface area contributed by atoms with Crippen LogP contribution in [0.1, 0.15) is 16.0 Å². The fourth-order valence-corrected chi connectivity index (χ4v) is 4.06. The molecule has 0 aliphatic carbocycles. The summed E-state index contributed by atoms with van der Waals surface area (Å²) in [5.74, 6) is 0.760. The van der Waals surface area contributed by atoms with Gasteiger partial charge in [-0.15, -0.1) is 11.3 Å². The van der Waals surface area contributed by atoms with E-state index in [0.29, 0.717) is 12.2 Å². The summed E-state index contributed by atoms with van der Waals surface area (Å²) in [5, 5.41) is 4.33. The Morgan fingerprint density at radius 1 is 1.17 bits per heavy atom. The SMILES string of the molecule is Cc1sc2ncnc(NCc3ccccc3NS(C)(=O)=O)c2c1C. The third kappa shape index (κ3) is 3.49. The number of anilines is 2. The van der Waals surface area contributed by atoms with E-state index in [9.17, 15) is 8.42 Å². The van der Waals surface area contributed by atoms with E-state index in [4.69, 9.17) is 0 Å². The summed E-state index contributed by atoms with van der Waals surface area (Å²) in [6.45, 7) is 4.58. The molecule has 3 rings (SSSR count). The third-order valence-corrected chi connectivity index (χ3v) is 5.43. The molecule has 2 heterocycles. The van der Waals surface area contributed by atoms with Crippen LogP contribution in [0.15, 0.2) is 30.6 Å². The highest BCUT2D eigenvalue weighted by Gasteiger charge is 2.12. The van der Waals surface area contributed by atoms with Crippen molar-refractivity contribution in [1.82, 2.24) is 9.97 Å². The minimum atomic E-state index is -3.32. The fraction of sp³-hybridized carbons (Fsp3) is 0.250. The molecular weight excluding hydrogens is 344 g/mol. The molecule has 0 aliphatic heterocycles. The van der Waals surface area contributed by atoms with Gasteiger partial charge in [-0.25, -0.2) is 18.4 Å². The first-order chi connectivity index (χ1) is 11.3. The van der Waals surface area contributed by atoms with Crippen LogP contribution in [0.4, 0.5) is 11.5 Å². The van der Waals surface area contributed by atoms with Gasteiger partial charge in [0.05, 0.1) is 17.3 Å². The standard InChI is InChI=1S/C16H18N4O2S2/c1-10-11(2)23-16-14(10)15(18-9-19-16)17-8-12-6-4-5-7-13(12)20-24(3,21)22/h4-7,9,20H,8H2,1-3H3,(H,17,18,19). The van der Waals surface area contributed by atoms with Crippen LogP contribution in [0.3, 0.4) is 0 Å². The summed E-state index contributed by atoms with van der Waals surface area (Å²) < 4.78 is 25.5. The molecule has 0 saturated carbocycles. The molecule has 0 atom stereocenters. The minimum absolute atomic E-state index is 0.457. The van der Waals surface area contributed by atoms with Crippen molar-refractivity contribution in [2.45, 2.75) is 20.4 Å². The minimum Gasteiger partial charge on any atom is -0.365 e. The lowest BCUT2D eigenvalue weighted by Crippen LogP contribution is -2.12. The summed E-state index contributed by atoms with van der Waals surface area (Å²) in [5.41, 5.74) is 2.58. The van der Waals surface area contributed by atoms with Crippen molar-refractivity contribution in [3.8, 4) is 0 Å². The Labute approximate surface area is 145 Å². The van der Waals surface area contributed by atoms with Gasteiger partial charge in [-0.2, -0.15) is 0 Å². The Bertz CT molecular complexity index is 996. The largest absolute Gasteiger partial charge is 0.365 e. The highest BCUT2D eigenvalue weighted by Crippen LogP contribution is 2.32. The Morgan fingerprint density at radius 3 is 2.67 bits per heavy atom. The normalized spacial score (nSPS) is 11.6. The molecule has 0 saturated heterocycles. The Morgan fingerprint density at radius 2 is 1.92 bits per heavy atom. The summed E-state index contributed by atoms with van der Waals surface area (Å²) in [7, 11) is -3.32. The lowest BCUT2D eigenvalue weighted by molar-refractivity contribution is 0.606. The Hall–Kier alpha value is -2.19. The number of nitrogens with zero attached hydrogens (tertiary/aromatic N) is 2. The second-order valence-corrected chi connectivity index (χ2v) is 8.52. The van der Waals surface area contributed by atoms with Crippen molar-refractivity contribution < 1.29 is 8.42 Å². The van der Waals surface area contributed by atoms with Gasteiger partial charge in [0.2, 0.25) is 10.0 Å². The van der Waals surface area contributed by atoms with Crippen molar-refractivity contribution in [3.63, 3.8) is 0 Å². The molecule has 0 fully saturated rings. The molecule has 8 heteroatoms. The lowest BCUT2D eigenvalue weighted by atomic mass is 10.1. The van der Waals surface area contributed by atoms with Gasteiger partial charge >= 0.3 is 0 Å². The van der Waals surface area contributed by atoms with Gasteiger partial charge in [0.25, 0.3) is 0 Å². The fourth-order valence-electron chi connectivity index (χ4n) is 2.47. The van der Waals surface area contributed by atoms with Gasteiger partial charge in [-0.1, -0.05) is 18.2 Å². The summed E-state index contributed by atoms with van der Waals surface area (Å²) in [6.07, 6.45) is 2.68. The maximum absolute atomic E-state index is 11.5. The zero-order valence-electron chi connectivity index (χ0n) is 13.6. The molecule has 126 valence electrons. The number of benzene rings is 1. The Balaban J connectivity index is 1.90. The molecule has 0 bridgehead atoms. The average Bonchev–Trinajstić information content (AvgIpc) is 2.80. The first-order valence-electron chi connectivity index (χ1n) is 7.35. The molecule has 3 aromatic rings. The van der Waals surface area contributed by atoms with Crippen LogP contribution in [0.5, 0.6) is 0 Å². The molecule has 2 aromatic heterocycles. The van der Waals surface area contributed by atoms with Crippen molar-refractivity contribution >= 4 is 43.1 Å². The smallest absolute Gasteiger partial charge is 0.229 e. The molecule has 2 N–H and O–H groups in total. The van der Waals surface area contributed by atoms with Crippen LogP contribution in [0.2, 0.25) is 0 Å². The highest BCUT2D eigenvalue weighted by atomic mass is 32.2. The van der Waals surface area contributed by atoms with E-state index in [0.717, 1.165) is 27.9 Å². The van der Waals surface area contributed by atoms with E-state index in [1.165, 1.54) is 10.4 Å². The topological polar surface area (TPSA) is 84.0 Å². The zero-order valence-corrected chi connectivity index (χ0v) is 15.3. The van der Waals surface area contributed by atoms with Crippen LogP contribution in [0, 0.1) is 13.8 Å². The number of hydrogen-bond acceptors (Lipinski definition) is 6. The monoisotopic (exact) mass is 362 g/mol. The van der Waals surface area contributed by atoms with E-state index < -0.39 is 10.0 Å². The number of hydrogen-bond donors (Lipinski definition) is 2. The molecule has 0 amide bonds. The lowest BCUT2D eigenvalue weighted by Gasteiger charge is -2.12. The van der Waals surface area contributed by atoms with E-state index in [1.807, 2.05) is 12.1 Å². The number of sulfonamides is 1. The average molecular weight is 362 g/mol. The van der Waals surface area contributed by atoms with E-state index >= 15 is 0 Å². The second-order valence-electron chi connectivity index (χ2n) is 5.57. The molecule has 24 heavy (non-hydrogen) atoms.